The van der Waals surface area contributed by atoms with Gasteiger partial charge in [-0.3, -0.25) is 4.98 Å². The van der Waals surface area contributed by atoms with Gasteiger partial charge in [0.25, 0.3) is 0 Å². The van der Waals surface area contributed by atoms with Crippen LogP contribution in [0.15, 0.2) is 36.7 Å². The first kappa shape index (κ1) is 12.5. The minimum atomic E-state index is -0.646. The molecule has 1 atom stereocenters. The van der Waals surface area contributed by atoms with E-state index in [1.807, 2.05) is 31.2 Å². The molecular formula is C14H17N3O. The van der Waals surface area contributed by atoms with E-state index in [1.54, 1.807) is 12.4 Å². The lowest BCUT2D eigenvalue weighted by molar-refractivity contribution is 0.172. The number of anilines is 1. The monoisotopic (exact) mass is 243 g/mol. The smallest absolute Gasteiger partial charge is 0.126 e. The van der Waals surface area contributed by atoms with Crippen molar-refractivity contribution in [2.45, 2.75) is 25.9 Å². The topological polar surface area (TPSA) is 72.0 Å². The normalized spacial score (nSPS) is 12.3. The molecule has 0 aromatic carbocycles. The van der Waals surface area contributed by atoms with E-state index >= 15 is 0 Å². The first-order chi connectivity index (χ1) is 8.72. The first-order valence-corrected chi connectivity index (χ1v) is 6.03. The molecule has 18 heavy (non-hydrogen) atoms. The molecule has 0 bridgehead atoms. The summed E-state index contributed by atoms with van der Waals surface area (Å²) in [5.74, 6) is 0.463. The molecule has 0 fully saturated rings. The molecule has 0 radical (unpaired) electrons. The van der Waals surface area contributed by atoms with Gasteiger partial charge in [-0.1, -0.05) is 19.1 Å². The Morgan fingerprint density at radius 2 is 1.83 bits per heavy atom. The van der Waals surface area contributed by atoms with Crippen molar-refractivity contribution in [2.24, 2.45) is 0 Å². The second-order valence-corrected chi connectivity index (χ2v) is 4.17. The number of nitrogens with zero attached hydrogens (tertiary/aromatic N) is 2. The predicted octanol–water partition coefficient (Wildman–Crippen LogP) is 1.90. The van der Waals surface area contributed by atoms with Gasteiger partial charge in [-0.2, -0.15) is 0 Å². The zero-order chi connectivity index (χ0) is 13.0. The Kier molecular flexibility index (Phi) is 3.89. The van der Waals surface area contributed by atoms with Crippen LogP contribution in [0.25, 0.3) is 0 Å². The lowest BCUT2D eigenvalue weighted by Gasteiger charge is -2.14. The third-order valence-electron chi connectivity index (χ3n) is 2.96. The van der Waals surface area contributed by atoms with Crippen LogP contribution in [0.5, 0.6) is 0 Å². The molecule has 2 heterocycles. The van der Waals surface area contributed by atoms with Crippen LogP contribution in [0.3, 0.4) is 0 Å². The number of aromatic nitrogens is 2. The molecule has 0 aliphatic carbocycles. The van der Waals surface area contributed by atoms with Crippen LogP contribution >= 0.6 is 0 Å². The van der Waals surface area contributed by atoms with Gasteiger partial charge in [0.1, 0.15) is 11.9 Å². The zero-order valence-electron chi connectivity index (χ0n) is 10.4. The fourth-order valence-corrected chi connectivity index (χ4v) is 1.98. The Bertz CT molecular complexity index is 528. The van der Waals surface area contributed by atoms with Crippen LogP contribution in [0.1, 0.15) is 29.8 Å². The number of aliphatic hydroxyl groups is 1. The highest BCUT2D eigenvalue weighted by atomic mass is 16.3. The van der Waals surface area contributed by atoms with E-state index in [1.165, 1.54) is 0 Å². The van der Waals surface area contributed by atoms with Gasteiger partial charge in [-0.15, -0.1) is 0 Å². The van der Waals surface area contributed by atoms with Crippen LogP contribution in [0.2, 0.25) is 0 Å². The maximum Gasteiger partial charge on any atom is 0.126 e. The van der Waals surface area contributed by atoms with Crippen molar-refractivity contribution >= 4 is 5.82 Å². The lowest BCUT2D eigenvalue weighted by atomic mass is 10.0. The van der Waals surface area contributed by atoms with Gasteiger partial charge < -0.3 is 10.8 Å². The molecule has 0 saturated heterocycles. The summed E-state index contributed by atoms with van der Waals surface area (Å²) in [5, 5.41) is 10.3. The standard InChI is InChI=1S/C14H17N3O/c1-2-10-5-3-7-16-13(10)12(18)9-11-6-4-8-17-14(11)15/h3-8,12,18H,2,9H2,1H3,(H2,15,17). The number of nitrogen functional groups attached to an aromatic ring is 1. The van der Waals surface area contributed by atoms with E-state index in [-0.39, 0.29) is 0 Å². The van der Waals surface area contributed by atoms with E-state index in [9.17, 15) is 5.11 Å². The SMILES string of the molecule is CCc1cccnc1C(O)Cc1cccnc1N. The van der Waals surface area contributed by atoms with Crippen molar-refractivity contribution in [3.63, 3.8) is 0 Å². The Morgan fingerprint density at radius 1 is 1.17 bits per heavy atom. The molecule has 2 aromatic rings. The molecule has 94 valence electrons. The molecular weight excluding hydrogens is 226 g/mol. The molecule has 1 unspecified atom stereocenters. The highest BCUT2D eigenvalue weighted by molar-refractivity contribution is 5.39. The molecule has 0 amide bonds. The van der Waals surface area contributed by atoms with Crippen molar-refractivity contribution < 1.29 is 5.11 Å². The van der Waals surface area contributed by atoms with E-state index in [0.717, 1.165) is 23.2 Å². The molecule has 3 N–H and O–H groups in total. The fourth-order valence-electron chi connectivity index (χ4n) is 1.98. The summed E-state index contributed by atoms with van der Waals surface area (Å²) in [6.45, 7) is 2.05. The van der Waals surface area contributed by atoms with Crippen molar-refractivity contribution in [3.05, 3.63) is 53.5 Å². The number of pyridine rings is 2. The Balaban J connectivity index is 2.22. The van der Waals surface area contributed by atoms with Crippen LogP contribution in [-0.2, 0) is 12.8 Å². The number of aryl methyl sites for hydroxylation is 1. The molecule has 0 spiro atoms. The average molecular weight is 243 g/mol. The van der Waals surface area contributed by atoms with Gasteiger partial charge >= 0.3 is 0 Å². The summed E-state index contributed by atoms with van der Waals surface area (Å²) < 4.78 is 0. The van der Waals surface area contributed by atoms with E-state index < -0.39 is 6.10 Å². The molecule has 0 aliphatic rings. The highest BCUT2D eigenvalue weighted by Gasteiger charge is 2.14. The molecule has 2 rings (SSSR count). The number of hydrogen-bond donors (Lipinski definition) is 2. The van der Waals surface area contributed by atoms with Crippen molar-refractivity contribution in [3.8, 4) is 0 Å². The number of hydrogen-bond acceptors (Lipinski definition) is 4. The van der Waals surface area contributed by atoms with Gasteiger partial charge in [0.2, 0.25) is 0 Å². The van der Waals surface area contributed by atoms with Crippen LogP contribution in [0.4, 0.5) is 5.82 Å². The quantitative estimate of drug-likeness (QED) is 0.860. The highest BCUT2D eigenvalue weighted by Crippen LogP contribution is 2.22. The maximum atomic E-state index is 10.3. The Morgan fingerprint density at radius 3 is 2.50 bits per heavy atom. The van der Waals surface area contributed by atoms with Gasteiger partial charge in [0.05, 0.1) is 5.69 Å². The fraction of sp³-hybridized carbons (Fsp3) is 0.286. The number of nitrogens with two attached hydrogens (primary N) is 1. The van der Waals surface area contributed by atoms with Crippen LogP contribution in [0, 0.1) is 0 Å². The van der Waals surface area contributed by atoms with Gasteiger partial charge in [-0.25, -0.2) is 4.98 Å². The molecule has 0 aliphatic heterocycles. The zero-order valence-corrected chi connectivity index (χ0v) is 10.4. The van der Waals surface area contributed by atoms with E-state index in [4.69, 9.17) is 5.73 Å². The molecule has 4 heteroatoms. The summed E-state index contributed by atoms with van der Waals surface area (Å²) >= 11 is 0. The number of rotatable bonds is 4. The van der Waals surface area contributed by atoms with Crippen molar-refractivity contribution in [2.75, 3.05) is 5.73 Å². The van der Waals surface area contributed by atoms with E-state index in [0.29, 0.717) is 12.2 Å². The molecule has 0 saturated carbocycles. The second kappa shape index (κ2) is 5.60. The summed E-state index contributed by atoms with van der Waals surface area (Å²) in [4.78, 5) is 8.28. The summed E-state index contributed by atoms with van der Waals surface area (Å²) in [6, 6.07) is 7.56. The third-order valence-corrected chi connectivity index (χ3v) is 2.96. The minimum Gasteiger partial charge on any atom is -0.386 e. The molecule has 4 nitrogen and oxygen atoms in total. The van der Waals surface area contributed by atoms with Gasteiger partial charge in [-0.05, 0) is 29.7 Å². The van der Waals surface area contributed by atoms with Crippen LogP contribution < -0.4 is 5.73 Å². The maximum absolute atomic E-state index is 10.3. The number of aliphatic hydroxyl groups excluding tert-OH is 1. The Hall–Kier alpha value is -1.94. The van der Waals surface area contributed by atoms with Crippen molar-refractivity contribution in [1.29, 1.82) is 0 Å². The minimum absolute atomic E-state index is 0.434. The summed E-state index contributed by atoms with van der Waals surface area (Å²) in [5.41, 5.74) is 8.41. The average Bonchev–Trinajstić information content (AvgIpc) is 2.41. The summed E-state index contributed by atoms with van der Waals surface area (Å²) in [7, 11) is 0. The second-order valence-electron chi connectivity index (χ2n) is 4.17. The van der Waals surface area contributed by atoms with E-state index in [2.05, 4.69) is 9.97 Å². The van der Waals surface area contributed by atoms with Crippen LogP contribution in [-0.4, -0.2) is 15.1 Å². The van der Waals surface area contributed by atoms with Gasteiger partial charge in [0, 0.05) is 18.8 Å². The predicted molar refractivity (Wildman–Crippen MR) is 70.9 cm³/mol. The largest absolute Gasteiger partial charge is 0.386 e. The summed E-state index contributed by atoms with van der Waals surface area (Å²) in [6.07, 6.45) is 3.98. The van der Waals surface area contributed by atoms with Crippen molar-refractivity contribution in [1.82, 2.24) is 9.97 Å². The molecule has 2 aromatic heterocycles. The third kappa shape index (κ3) is 2.65. The first-order valence-electron chi connectivity index (χ1n) is 6.03. The van der Waals surface area contributed by atoms with Gasteiger partial charge in [0.15, 0.2) is 0 Å². The lowest BCUT2D eigenvalue weighted by Crippen LogP contribution is -2.09. The Labute approximate surface area is 107 Å².